The number of hydrogen-bond acceptors (Lipinski definition) is 1. The Hall–Kier alpha value is -6.51. The molecule has 1 atom stereocenters. The molecule has 0 saturated carbocycles. The van der Waals surface area contributed by atoms with Crippen molar-refractivity contribution in [1.82, 2.24) is 9.38 Å². The third kappa shape index (κ3) is 3.26. The summed E-state index contributed by atoms with van der Waals surface area (Å²) in [6.45, 7) is 8.66. The maximum atomic E-state index is 5.17. The summed E-state index contributed by atoms with van der Waals surface area (Å²) in [5, 5.41) is 6.09. The Morgan fingerprint density at radius 3 is 2.08 bits per heavy atom. The van der Waals surface area contributed by atoms with Crippen LogP contribution in [0.15, 0.2) is 176 Å². The van der Waals surface area contributed by atoms with E-state index >= 15 is 0 Å². The van der Waals surface area contributed by atoms with Crippen LogP contribution in [0.3, 0.4) is 0 Å². The minimum atomic E-state index is -0.467. The maximum Gasteiger partial charge on any atom is 0.146 e. The van der Waals surface area contributed by atoms with Gasteiger partial charge in [-0.1, -0.05) is 135 Å². The van der Waals surface area contributed by atoms with Crippen molar-refractivity contribution in [3.05, 3.63) is 199 Å². The van der Waals surface area contributed by atoms with Crippen LogP contribution in [0.5, 0.6) is 0 Å². The molecule has 0 saturated heterocycles. The predicted molar refractivity (Wildman–Crippen MR) is 210 cm³/mol. The van der Waals surface area contributed by atoms with E-state index in [1.165, 1.54) is 71.6 Å². The van der Waals surface area contributed by atoms with Gasteiger partial charge in [-0.2, -0.15) is 0 Å². The maximum absolute atomic E-state index is 5.17. The summed E-state index contributed by atoms with van der Waals surface area (Å²) in [6.07, 6.45) is 4.07. The first-order valence-corrected chi connectivity index (χ1v) is 17.2. The van der Waals surface area contributed by atoms with Crippen molar-refractivity contribution in [3.8, 4) is 22.3 Å². The molecule has 2 aliphatic rings. The van der Waals surface area contributed by atoms with E-state index in [1.807, 2.05) is 6.08 Å². The van der Waals surface area contributed by atoms with Crippen molar-refractivity contribution in [2.45, 2.75) is 5.41 Å². The van der Waals surface area contributed by atoms with Gasteiger partial charge < -0.3 is 0 Å². The highest BCUT2D eigenvalue weighted by Gasteiger charge is 2.51. The first-order chi connectivity index (χ1) is 24.7. The SMILES string of the molecule is C=CC1=C(C=C)C2(c3ccccc31)c1ccccc1-c1ccc(-c3ccc4c(c3)c3c5ccccc5ccc3c3nc5ccccc5n43)cc12. The van der Waals surface area contributed by atoms with E-state index < -0.39 is 5.41 Å². The Morgan fingerprint density at radius 2 is 1.22 bits per heavy atom. The molecule has 2 heteroatoms. The van der Waals surface area contributed by atoms with Crippen molar-refractivity contribution in [3.63, 3.8) is 0 Å². The zero-order valence-electron chi connectivity index (χ0n) is 27.3. The lowest BCUT2D eigenvalue weighted by Gasteiger charge is -2.31. The van der Waals surface area contributed by atoms with Crippen LogP contribution in [0.4, 0.5) is 0 Å². The normalized spacial score (nSPS) is 16.2. The highest BCUT2D eigenvalue weighted by atomic mass is 15.0. The van der Waals surface area contributed by atoms with Crippen molar-refractivity contribution in [1.29, 1.82) is 0 Å². The van der Waals surface area contributed by atoms with Crippen molar-refractivity contribution < 1.29 is 0 Å². The molecule has 0 N–H and O–H groups in total. The number of hydrogen-bond donors (Lipinski definition) is 0. The second kappa shape index (κ2) is 9.78. The van der Waals surface area contributed by atoms with Crippen LogP contribution < -0.4 is 0 Å². The molecule has 11 rings (SSSR count). The highest BCUT2D eigenvalue weighted by Crippen LogP contribution is 2.62. The van der Waals surface area contributed by atoms with Crippen molar-refractivity contribution in [2.24, 2.45) is 0 Å². The smallest absolute Gasteiger partial charge is 0.146 e. The van der Waals surface area contributed by atoms with Gasteiger partial charge in [0.25, 0.3) is 0 Å². The number of fused-ring (bicyclic) bond motifs is 17. The fourth-order valence-corrected chi connectivity index (χ4v) is 9.37. The molecule has 0 radical (unpaired) electrons. The lowest BCUT2D eigenvalue weighted by molar-refractivity contribution is 0.787. The van der Waals surface area contributed by atoms with Gasteiger partial charge in [0.05, 0.1) is 22.0 Å². The molecular formula is C48H30N2. The summed E-state index contributed by atoms with van der Waals surface area (Å²) in [7, 11) is 0. The summed E-state index contributed by atoms with van der Waals surface area (Å²) in [5.41, 5.74) is 16.2. The summed E-state index contributed by atoms with van der Waals surface area (Å²) in [5.74, 6) is 0. The standard InChI is InChI=1S/C48H30N2/c1-3-32-34-15-7-9-17-40(34)48(39(32)4-2)41-18-10-8-16-35(41)36-24-22-31(28-42(36)48)30-23-26-44-38(27-30)46-33-14-6-5-13-29(33)21-25-37(46)47-49-43-19-11-12-20-45(43)50(44)47/h3-28H,1-2H2. The lowest BCUT2D eigenvalue weighted by Crippen LogP contribution is -2.26. The summed E-state index contributed by atoms with van der Waals surface area (Å²) < 4.78 is 2.34. The predicted octanol–water partition coefficient (Wildman–Crippen LogP) is 12.1. The third-order valence-electron chi connectivity index (χ3n) is 11.3. The van der Waals surface area contributed by atoms with Crippen molar-refractivity contribution in [2.75, 3.05) is 0 Å². The van der Waals surface area contributed by atoms with E-state index in [-0.39, 0.29) is 0 Å². The zero-order chi connectivity index (χ0) is 33.1. The van der Waals surface area contributed by atoms with Gasteiger partial charge in [0, 0.05) is 16.2 Å². The molecular weight excluding hydrogens is 605 g/mol. The van der Waals surface area contributed by atoms with Crippen LogP contribution in [0.25, 0.3) is 77.0 Å². The quantitative estimate of drug-likeness (QED) is 0.177. The molecule has 0 bridgehead atoms. The number of rotatable bonds is 3. The van der Waals surface area contributed by atoms with Gasteiger partial charge in [-0.15, -0.1) is 0 Å². The Balaban J connectivity index is 1.24. The summed E-state index contributed by atoms with van der Waals surface area (Å²) in [6, 6.07) is 53.4. The molecule has 50 heavy (non-hydrogen) atoms. The largest absolute Gasteiger partial charge is 0.292 e. The van der Waals surface area contributed by atoms with Crippen LogP contribution in [-0.4, -0.2) is 9.38 Å². The van der Waals surface area contributed by atoms with Crippen LogP contribution in [-0.2, 0) is 5.41 Å². The van der Waals surface area contributed by atoms with E-state index in [9.17, 15) is 0 Å². The van der Waals surface area contributed by atoms with Gasteiger partial charge in [-0.3, -0.25) is 4.40 Å². The Kier molecular flexibility index (Phi) is 5.37. The minimum absolute atomic E-state index is 0.467. The average Bonchev–Trinajstić information content (AvgIpc) is 3.81. The van der Waals surface area contributed by atoms with Gasteiger partial charge in [-0.25, -0.2) is 4.98 Å². The van der Waals surface area contributed by atoms with Crippen LogP contribution in [0, 0.1) is 0 Å². The van der Waals surface area contributed by atoms with Crippen LogP contribution in [0.2, 0.25) is 0 Å². The number of benzene rings is 7. The van der Waals surface area contributed by atoms with Crippen LogP contribution >= 0.6 is 0 Å². The molecule has 232 valence electrons. The zero-order valence-corrected chi connectivity index (χ0v) is 27.3. The van der Waals surface area contributed by atoms with Gasteiger partial charge >= 0.3 is 0 Å². The minimum Gasteiger partial charge on any atom is -0.292 e. The number of aromatic nitrogens is 2. The number of para-hydroxylation sites is 2. The summed E-state index contributed by atoms with van der Waals surface area (Å²) >= 11 is 0. The highest BCUT2D eigenvalue weighted by molar-refractivity contribution is 6.24. The molecule has 2 aromatic heterocycles. The van der Waals surface area contributed by atoms with Gasteiger partial charge in [-0.05, 0) is 103 Å². The monoisotopic (exact) mass is 634 g/mol. The number of pyridine rings is 1. The fourth-order valence-electron chi connectivity index (χ4n) is 9.37. The molecule has 9 aromatic rings. The second-order valence-electron chi connectivity index (χ2n) is 13.5. The van der Waals surface area contributed by atoms with E-state index in [1.54, 1.807) is 0 Å². The van der Waals surface area contributed by atoms with Crippen LogP contribution in [0.1, 0.15) is 22.3 Å². The van der Waals surface area contributed by atoms with Gasteiger partial charge in [0.15, 0.2) is 0 Å². The number of imidazole rings is 1. The Labute approximate surface area is 289 Å². The molecule has 0 amide bonds. The van der Waals surface area contributed by atoms with Gasteiger partial charge in [0.2, 0.25) is 0 Å². The lowest BCUT2D eigenvalue weighted by atomic mass is 9.69. The molecule has 1 spiro atoms. The van der Waals surface area contributed by atoms with Crippen molar-refractivity contribution >= 4 is 54.7 Å². The second-order valence-corrected chi connectivity index (χ2v) is 13.5. The molecule has 0 fully saturated rings. The third-order valence-corrected chi connectivity index (χ3v) is 11.3. The average molecular weight is 635 g/mol. The molecule has 1 unspecified atom stereocenters. The fraction of sp³-hybridized carbons (Fsp3) is 0.0208. The molecule has 7 aromatic carbocycles. The Morgan fingerprint density at radius 1 is 0.520 bits per heavy atom. The first kappa shape index (κ1) is 27.4. The number of nitrogens with zero attached hydrogens (tertiary/aromatic N) is 2. The van der Waals surface area contributed by atoms with Gasteiger partial charge in [0.1, 0.15) is 5.65 Å². The van der Waals surface area contributed by atoms with E-state index in [0.29, 0.717) is 0 Å². The van der Waals surface area contributed by atoms with E-state index in [0.717, 1.165) is 33.2 Å². The molecule has 0 aliphatic heterocycles. The van der Waals surface area contributed by atoms with E-state index in [2.05, 4.69) is 169 Å². The van der Waals surface area contributed by atoms with E-state index in [4.69, 9.17) is 4.98 Å². The molecule has 2 heterocycles. The molecule has 2 nitrogen and oxygen atoms in total. The molecule has 2 aliphatic carbocycles. The summed E-state index contributed by atoms with van der Waals surface area (Å²) in [4.78, 5) is 5.17. The topological polar surface area (TPSA) is 17.3 Å². The number of allylic oxidation sites excluding steroid dienone is 4. The Bertz CT molecular complexity index is 3030. The first-order valence-electron chi connectivity index (χ1n) is 17.2.